The van der Waals surface area contributed by atoms with Gasteiger partial charge in [0.05, 0.1) is 16.3 Å². The van der Waals surface area contributed by atoms with Crippen LogP contribution in [-0.2, 0) is 0 Å². The van der Waals surface area contributed by atoms with Crippen LogP contribution in [0, 0.1) is 30.2 Å². The first-order valence-corrected chi connectivity index (χ1v) is 7.54. The highest BCUT2D eigenvalue weighted by molar-refractivity contribution is 6.33. The van der Waals surface area contributed by atoms with E-state index >= 15 is 0 Å². The molecule has 0 bridgehead atoms. The predicted octanol–water partition coefficient (Wildman–Crippen LogP) is 5.11. The van der Waals surface area contributed by atoms with E-state index < -0.39 is 34.9 Å². The third-order valence-electron chi connectivity index (χ3n) is 3.57. The minimum atomic E-state index is -1.73. The molecule has 1 aromatic heterocycles. The van der Waals surface area contributed by atoms with Gasteiger partial charge in [-0.3, -0.25) is 4.79 Å². The van der Waals surface area contributed by atoms with E-state index in [4.69, 9.17) is 16.1 Å². The molecule has 0 saturated heterocycles. The molecule has 9 heteroatoms. The van der Waals surface area contributed by atoms with Gasteiger partial charge >= 0.3 is 0 Å². The molecule has 0 spiro atoms. The van der Waals surface area contributed by atoms with Gasteiger partial charge in [0, 0.05) is 0 Å². The zero-order valence-corrected chi connectivity index (χ0v) is 13.8. The van der Waals surface area contributed by atoms with Gasteiger partial charge in [-0.25, -0.2) is 17.6 Å². The molecule has 4 nitrogen and oxygen atoms in total. The van der Waals surface area contributed by atoms with Gasteiger partial charge in [-0.1, -0.05) is 22.8 Å². The normalized spacial score (nSPS) is 10.8. The predicted molar refractivity (Wildman–Crippen MR) is 85.9 cm³/mol. The molecule has 0 unspecified atom stereocenters. The number of aromatic nitrogens is 1. The monoisotopic (exact) mass is 384 g/mol. The number of anilines is 1. The van der Waals surface area contributed by atoms with Crippen molar-refractivity contribution in [1.82, 2.24) is 5.16 Å². The highest BCUT2D eigenvalue weighted by Crippen LogP contribution is 2.34. The SMILES string of the molecule is Cc1onc(-c2c(F)cccc2Cl)c1C(=O)Nc1ccc(F)c(F)c1F. The summed E-state index contributed by atoms with van der Waals surface area (Å²) in [5, 5.41) is 5.70. The van der Waals surface area contributed by atoms with Crippen LogP contribution < -0.4 is 5.32 Å². The molecular formula is C17H9ClF4N2O2. The second-order valence-corrected chi connectivity index (χ2v) is 5.64. The van der Waals surface area contributed by atoms with Crippen molar-refractivity contribution in [3.63, 3.8) is 0 Å². The van der Waals surface area contributed by atoms with Crippen LogP contribution in [0.25, 0.3) is 11.3 Å². The maximum Gasteiger partial charge on any atom is 0.261 e. The van der Waals surface area contributed by atoms with Crippen molar-refractivity contribution in [2.45, 2.75) is 6.92 Å². The van der Waals surface area contributed by atoms with E-state index in [1.165, 1.54) is 19.1 Å². The van der Waals surface area contributed by atoms with Gasteiger partial charge in [-0.15, -0.1) is 0 Å². The van der Waals surface area contributed by atoms with Gasteiger partial charge in [0.15, 0.2) is 17.5 Å². The average Bonchev–Trinajstić information content (AvgIpc) is 2.96. The Morgan fingerprint density at radius 3 is 2.50 bits per heavy atom. The van der Waals surface area contributed by atoms with Crippen molar-refractivity contribution in [2.24, 2.45) is 0 Å². The molecule has 0 aliphatic rings. The largest absolute Gasteiger partial charge is 0.360 e. The Bertz CT molecular complexity index is 1000. The molecule has 3 rings (SSSR count). The Morgan fingerprint density at radius 1 is 1.08 bits per heavy atom. The molecule has 0 saturated carbocycles. The third-order valence-corrected chi connectivity index (χ3v) is 3.89. The summed E-state index contributed by atoms with van der Waals surface area (Å²) < 4.78 is 59.1. The lowest BCUT2D eigenvalue weighted by Gasteiger charge is -2.09. The maximum absolute atomic E-state index is 14.1. The molecule has 0 radical (unpaired) electrons. The summed E-state index contributed by atoms with van der Waals surface area (Å²) in [6.45, 7) is 1.38. The quantitative estimate of drug-likeness (QED) is 0.504. The summed E-state index contributed by atoms with van der Waals surface area (Å²) in [7, 11) is 0. The molecule has 1 N–H and O–H groups in total. The number of rotatable bonds is 3. The Balaban J connectivity index is 2.05. The Kier molecular flexibility index (Phi) is 4.69. The molecule has 0 aliphatic heterocycles. The fourth-order valence-electron chi connectivity index (χ4n) is 2.34. The smallest absolute Gasteiger partial charge is 0.261 e. The summed E-state index contributed by atoms with van der Waals surface area (Å²) in [6, 6.07) is 5.38. The first kappa shape index (κ1) is 17.9. The number of benzene rings is 2. The van der Waals surface area contributed by atoms with Crippen LogP contribution in [0.15, 0.2) is 34.9 Å². The van der Waals surface area contributed by atoms with Crippen molar-refractivity contribution in [1.29, 1.82) is 0 Å². The number of nitrogens with one attached hydrogen (secondary N) is 1. The van der Waals surface area contributed by atoms with E-state index in [1.54, 1.807) is 0 Å². The van der Waals surface area contributed by atoms with Gasteiger partial charge in [0.1, 0.15) is 22.8 Å². The highest BCUT2D eigenvalue weighted by Gasteiger charge is 2.26. The standard InChI is InChI=1S/C17H9ClF4N2O2/c1-7-12(16(24-26-7)13-8(18)3-2-4-9(13)19)17(25)23-11-6-5-10(20)14(21)15(11)22/h2-6H,1H3,(H,23,25). The first-order chi connectivity index (χ1) is 12.3. The van der Waals surface area contributed by atoms with Crippen molar-refractivity contribution in [2.75, 3.05) is 5.32 Å². The Hall–Kier alpha value is -2.87. The van der Waals surface area contributed by atoms with E-state index in [1.807, 2.05) is 0 Å². The van der Waals surface area contributed by atoms with Crippen LogP contribution in [0.5, 0.6) is 0 Å². The summed E-state index contributed by atoms with van der Waals surface area (Å²) in [6.07, 6.45) is 0. The lowest BCUT2D eigenvalue weighted by atomic mass is 10.0. The van der Waals surface area contributed by atoms with Crippen LogP contribution in [-0.4, -0.2) is 11.1 Å². The highest BCUT2D eigenvalue weighted by atomic mass is 35.5. The Labute approximate surface area is 149 Å². The lowest BCUT2D eigenvalue weighted by Crippen LogP contribution is -2.15. The third kappa shape index (κ3) is 3.03. The molecule has 3 aromatic rings. The van der Waals surface area contributed by atoms with E-state index in [9.17, 15) is 22.4 Å². The maximum atomic E-state index is 14.1. The summed E-state index contributed by atoms with van der Waals surface area (Å²) in [4.78, 5) is 12.5. The van der Waals surface area contributed by atoms with E-state index in [0.29, 0.717) is 6.07 Å². The fourth-order valence-corrected chi connectivity index (χ4v) is 2.59. The molecule has 26 heavy (non-hydrogen) atoms. The lowest BCUT2D eigenvalue weighted by molar-refractivity contribution is 0.102. The molecule has 0 fully saturated rings. The number of aryl methyl sites for hydroxylation is 1. The molecular weight excluding hydrogens is 376 g/mol. The number of carbonyl (C=O) groups excluding carboxylic acids is 1. The van der Waals surface area contributed by atoms with Crippen LogP contribution in [0.1, 0.15) is 16.1 Å². The average molecular weight is 385 g/mol. The molecule has 134 valence electrons. The van der Waals surface area contributed by atoms with Gasteiger partial charge < -0.3 is 9.84 Å². The summed E-state index contributed by atoms with van der Waals surface area (Å²) in [5.74, 6) is -6.41. The minimum absolute atomic E-state index is 0.000175. The van der Waals surface area contributed by atoms with Crippen molar-refractivity contribution in [3.05, 3.63) is 69.9 Å². The summed E-state index contributed by atoms with van der Waals surface area (Å²) in [5.41, 5.74) is -1.20. The number of carbonyl (C=O) groups is 1. The molecule has 0 atom stereocenters. The number of hydrogen-bond acceptors (Lipinski definition) is 3. The second-order valence-electron chi connectivity index (χ2n) is 5.24. The molecule has 0 aliphatic carbocycles. The van der Waals surface area contributed by atoms with Crippen molar-refractivity contribution < 1.29 is 26.9 Å². The van der Waals surface area contributed by atoms with Gasteiger partial charge in [0.25, 0.3) is 5.91 Å². The zero-order chi connectivity index (χ0) is 19.0. The van der Waals surface area contributed by atoms with Crippen molar-refractivity contribution >= 4 is 23.2 Å². The van der Waals surface area contributed by atoms with Gasteiger partial charge in [-0.05, 0) is 31.2 Å². The molecule has 2 aromatic carbocycles. The number of nitrogens with zero attached hydrogens (tertiary/aromatic N) is 1. The van der Waals surface area contributed by atoms with Crippen LogP contribution in [0.3, 0.4) is 0 Å². The first-order valence-electron chi connectivity index (χ1n) is 7.16. The topological polar surface area (TPSA) is 55.1 Å². The van der Waals surface area contributed by atoms with E-state index in [2.05, 4.69) is 10.5 Å². The van der Waals surface area contributed by atoms with Crippen LogP contribution >= 0.6 is 11.6 Å². The Morgan fingerprint density at radius 2 is 1.81 bits per heavy atom. The number of amides is 1. The van der Waals surface area contributed by atoms with E-state index in [-0.39, 0.29) is 27.6 Å². The van der Waals surface area contributed by atoms with Crippen LogP contribution in [0.4, 0.5) is 23.2 Å². The van der Waals surface area contributed by atoms with Gasteiger partial charge in [-0.2, -0.15) is 0 Å². The minimum Gasteiger partial charge on any atom is -0.360 e. The number of halogens is 5. The van der Waals surface area contributed by atoms with Crippen molar-refractivity contribution in [3.8, 4) is 11.3 Å². The summed E-state index contributed by atoms with van der Waals surface area (Å²) >= 11 is 5.97. The molecule has 1 amide bonds. The second kappa shape index (κ2) is 6.80. The van der Waals surface area contributed by atoms with E-state index in [0.717, 1.165) is 12.1 Å². The zero-order valence-electron chi connectivity index (χ0n) is 13.0. The van der Waals surface area contributed by atoms with Gasteiger partial charge in [0.2, 0.25) is 0 Å². The molecule has 1 heterocycles. The van der Waals surface area contributed by atoms with Crippen LogP contribution in [0.2, 0.25) is 5.02 Å². The fraction of sp³-hybridized carbons (Fsp3) is 0.0588. The number of hydrogen-bond donors (Lipinski definition) is 1.